The van der Waals surface area contributed by atoms with Gasteiger partial charge in [0.1, 0.15) is 5.75 Å². The zero-order valence-corrected chi connectivity index (χ0v) is 11.9. The Morgan fingerprint density at radius 3 is 2.12 bits per heavy atom. The first-order valence-corrected chi connectivity index (χ1v) is 6.05. The van der Waals surface area contributed by atoms with Crippen LogP contribution >= 0.6 is 0 Å². The molecule has 0 bridgehead atoms. The second kappa shape index (κ2) is 4.56. The third kappa shape index (κ3) is 2.54. The predicted octanol–water partition coefficient (Wildman–Crippen LogP) is 4.66. The van der Waals surface area contributed by atoms with Crippen LogP contribution in [-0.4, -0.2) is 7.11 Å². The lowest BCUT2D eigenvalue weighted by atomic mass is 9.65. The average Bonchev–Trinajstić information content (AvgIpc) is 2.26. The van der Waals surface area contributed by atoms with Gasteiger partial charge in [-0.1, -0.05) is 53.3 Å². The molecule has 0 aliphatic rings. The molecule has 0 fully saturated rings. The first-order chi connectivity index (χ1) is 7.74. The van der Waals surface area contributed by atoms with Crippen LogP contribution in [0.25, 0.3) is 6.08 Å². The predicted molar refractivity (Wildman–Crippen MR) is 75.6 cm³/mol. The fourth-order valence-electron chi connectivity index (χ4n) is 1.72. The molecule has 1 aromatic rings. The maximum atomic E-state index is 5.32. The Hall–Kier alpha value is -1.24. The Morgan fingerprint density at radius 2 is 1.71 bits per heavy atom. The molecule has 0 unspecified atom stereocenters. The van der Waals surface area contributed by atoms with Crippen molar-refractivity contribution in [2.75, 3.05) is 7.11 Å². The summed E-state index contributed by atoms with van der Waals surface area (Å²) in [7, 11) is 1.69. The Balaban J connectivity index is 3.30. The summed E-state index contributed by atoms with van der Waals surface area (Å²) in [6.45, 7) is 15.2. The first kappa shape index (κ1) is 13.8. The molecule has 0 spiro atoms. The van der Waals surface area contributed by atoms with Gasteiger partial charge in [0.2, 0.25) is 0 Å². The van der Waals surface area contributed by atoms with Gasteiger partial charge in [-0.15, -0.1) is 0 Å². The van der Waals surface area contributed by atoms with Gasteiger partial charge in [0.15, 0.2) is 0 Å². The van der Waals surface area contributed by atoms with E-state index in [1.54, 1.807) is 7.11 Å². The zero-order valence-electron chi connectivity index (χ0n) is 11.9. The molecule has 0 aliphatic heterocycles. The summed E-state index contributed by atoms with van der Waals surface area (Å²) in [6.07, 6.45) is 1.85. The molecule has 0 heterocycles. The summed E-state index contributed by atoms with van der Waals surface area (Å²) < 4.78 is 5.32. The molecule has 1 nitrogen and oxygen atoms in total. The van der Waals surface area contributed by atoms with Crippen LogP contribution in [0, 0.1) is 5.41 Å². The lowest BCUT2D eigenvalue weighted by molar-refractivity contribution is 0.225. The van der Waals surface area contributed by atoms with Gasteiger partial charge in [-0.3, -0.25) is 0 Å². The maximum absolute atomic E-state index is 5.32. The van der Waals surface area contributed by atoms with Gasteiger partial charge < -0.3 is 4.74 Å². The molecule has 0 atom stereocenters. The molecule has 0 N–H and O–H groups in total. The topological polar surface area (TPSA) is 9.23 Å². The number of hydrogen-bond donors (Lipinski definition) is 0. The molecule has 0 radical (unpaired) electrons. The quantitative estimate of drug-likeness (QED) is 0.736. The van der Waals surface area contributed by atoms with Crippen LogP contribution in [0.4, 0.5) is 0 Å². The van der Waals surface area contributed by atoms with E-state index in [0.717, 1.165) is 11.3 Å². The van der Waals surface area contributed by atoms with Crippen LogP contribution in [0.5, 0.6) is 5.75 Å². The molecule has 0 saturated heterocycles. The SMILES string of the molecule is C=Cc1cc(C(C)(C)C(C)(C)C)ccc1OC. The van der Waals surface area contributed by atoms with E-state index in [-0.39, 0.29) is 10.8 Å². The number of ether oxygens (including phenoxy) is 1. The van der Waals surface area contributed by atoms with Gasteiger partial charge >= 0.3 is 0 Å². The van der Waals surface area contributed by atoms with Gasteiger partial charge in [-0.25, -0.2) is 0 Å². The van der Waals surface area contributed by atoms with Crippen molar-refractivity contribution in [3.05, 3.63) is 35.9 Å². The van der Waals surface area contributed by atoms with Crippen molar-refractivity contribution in [1.82, 2.24) is 0 Å². The standard InChI is InChI=1S/C16H24O/c1-8-12-11-13(9-10-14(12)17-7)16(5,6)15(2,3)4/h8-11H,1H2,2-7H3. The molecule has 1 heteroatoms. The molecule has 0 amide bonds. The van der Waals surface area contributed by atoms with Crippen molar-refractivity contribution in [3.8, 4) is 5.75 Å². The van der Waals surface area contributed by atoms with Gasteiger partial charge in [0.05, 0.1) is 7.11 Å². The Kier molecular flexibility index (Phi) is 3.71. The van der Waals surface area contributed by atoms with Crippen LogP contribution in [0.1, 0.15) is 45.7 Å². The van der Waals surface area contributed by atoms with Crippen LogP contribution < -0.4 is 4.74 Å². The van der Waals surface area contributed by atoms with Crippen LogP contribution in [-0.2, 0) is 5.41 Å². The van der Waals surface area contributed by atoms with Crippen LogP contribution in [0.15, 0.2) is 24.8 Å². The lowest BCUT2D eigenvalue weighted by Crippen LogP contribution is -2.33. The minimum Gasteiger partial charge on any atom is -0.496 e. The van der Waals surface area contributed by atoms with E-state index in [1.807, 2.05) is 12.1 Å². The summed E-state index contributed by atoms with van der Waals surface area (Å²) in [6, 6.07) is 6.36. The van der Waals surface area contributed by atoms with E-state index in [0.29, 0.717) is 0 Å². The van der Waals surface area contributed by atoms with E-state index in [1.165, 1.54) is 5.56 Å². The largest absolute Gasteiger partial charge is 0.496 e. The number of benzene rings is 1. The van der Waals surface area contributed by atoms with Gasteiger partial charge in [-0.05, 0) is 28.5 Å². The molecule has 0 aromatic heterocycles. The fraction of sp³-hybridized carbons (Fsp3) is 0.500. The van der Waals surface area contributed by atoms with E-state index >= 15 is 0 Å². The second-order valence-electron chi connectivity index (χ2n) is 6.04. The fourth-order valence-corrected chi connectivity index (χ4v) is 1.72. The molecule has 17 heavy (non-hydrogen) atoms. The van der Waals surface area contributed by atoms with Crippen molar-refractivity contribution in [3.63, 3.8) is 0 Å². The minimum absolute atomic E-state index is 0.108. The van der Waals surface area contributed by atoms with Crippen molar-refractivity contribution < 1.29 is 4.74 Å². The summed E-state index contributed by atoms with van der Waals surface area (Å²) in [5, 5.41) is 0. The summed E-state index contributed by atoms with van der Waals surface area (Å²) in [5.74, 6) is 0.883. The van der Waals surface area contributed by atoms with E-state index in [4.69, 9.17) is 4.74 Å². The molecule has 1 rings (SSSR count). The normalized spacial score (nSPS) is 12.4. The highest BCUT2D eigenvalue weighted by atomic mass is 16.5. The Morgan fingerprint density at radius 1 is 1.12 bits per heavy atom. The molecule has 0 saturated carbocycles. The van der Waals surface area contributed by atoms with Gasteiger partial charge in [0.25, 0.3) is 0 Å². The van der Waals surface area contributed by atoms with E-state index in [2.05, 4.69) is 53.3 Å². The van der Waals surface area contributed by atoms with Gasteiger partial charge in [0, 0.05) is 5.56 Å². The summed E-state index contributed by atoms with van der Waals surface area (Å²) in [5.41, 5.74) is 2.69. The zero-order chi connectivity index (χ0) is 13.3. The maximum Gasteiger partial charge on any atom is 0.126 e. The number of rotatable bonds is 3. The highest BCUT2D eigenvalue weighted by Gasteiger charge is 2.34. The third-order valence-electron chi connectivity index (χ3n) is 4.05. The Labute approximate surface area is 106 Å². The van der Waals surface area contributed by atoms with Crippen LogP contribution in [0.3, 0.4) is 0 Å². The number of methoxy groups -OCH3 is 1. The highest BCUT2D eigenvalue weighted by molar-refractivity contribution is 5.57. The third-order valence-corrected chi connectivity index (χ3v) is 4.05. The lowest BCUT2D eigenvalue weighted by Gasteiger charge is -2.39. The summed E-state index contributed by atoms with van der Waals surface area (Å²) in [4.78, 5) is 0. The molecule has 0 aliphatic carbocycles. The minimum atomic E-state index is 0.108. The Bertz CT molecular complexity index is 408. The second-order valence-corrected chi connectivity index (χ2v) is 6.04. The smallest absolute Gasteiger partial charge is 0.126 e. The van der Waals surface area contributed by atoms with Gasteiger partial charge in [-0.2, -0.15) is 0 Å². The van der Waals surface area contributed by atoms with Crippen molar-refractivity contribution in [2.45, 2.75) is 40.0 Å². The first-order valence-electron chi connectivity index (χ1n) is 6.05. The average molecular weight is 232 g/mol. The highest BCUT2D eigenvalue weighted by Crippen LogP contribution is 2.41. The summed E-state index contributed by atoms with van der Waals surface area (Å²) >= 11 is 0. The molecule has 94 valence electrons. The van der Waals surface area contributed by atoms with E-state index < -0.39 is 0 Å². The van der Waals surface area contributed by atoms with Crippen molar-refractivity contribution in [2.24, 2.45) is 5.41 Å². The van der Waals surface area contributed by atoms with E-state index in [9.17, 15) is 0 Å². The van der Waals surface area contributed by atoms with Crippen molar-refractivity contribution in [1.29, 1.82) is 0 Å². The number of hydrogen-bond acceptors (Lipinski definition) is 1. The van der Waals surface area contributed by atoms with Crippen LogP contribution in [0.2, 0.25) is 0 Å². The monoisotopic (exact) mass is 232 g/mol. The van der Waals surface area contributed by atoms with Crippen molar-refractivity contribution >= 4 is 6.08 Å². The molecular formula is C16H24O. The molecule has 1 aromatic carbocycles. The molecular weight excluding hydrogens is 208 g/mol.